The molecule has 0 bridgehead atoms. The molecule has 4 amide bonds. The molecule has 0 saturated heterocycles. The second-order valence-electron chi connectivity index (χ2n) is 12.2. The predicted octanol–water partition coefficient (Wildman–Crippen LogP) is 3.16. The van der Waals surface area contributed by atoms with E-state index in [1.54, 1.807) is 27.7 Å². The van der Waals surface area contributed by atoms with Gasteiger partial charge in [0.25, 0.3) is 0 Å². The van der Waals surface area contributed by atoms with Crippen molar-refractivity contribution in [1.29, 1.82) is 0 Å². The zero-order chi connectivity index (χ0) is 34.6. The minimum Gasteiger partial charge on any atom is -0.480 e. The number of aromatic amines is 1. The van der Waals surface area contributed by atoms with Crippen LogP contribution in [0.1, 0.15) is 66.9 Å². The fourth-order valence-electron chi connectivity index (χ4n) is 4.56. The number of ether oxygens (including phenoxy) is 1. The molecule has 0 aliphatic heterocycles. The molecule has 1 aromatic heterocycles. The number of fused-ring (bicyclic) bond motifs is 1. The number of amides is 4. The third-order valence-electron chi connectivity index (χ3n) is 7.31. The lowest BCUT2D eigenvalue weighted by Crippen LogP contribution is -2.53. The maximum absolute atomic E-state index is 13.3. The van der Waals surface area contributed by atoms with E-state index in [1.807, 2.05) is 38.1 Å². The highest BCUT2D eigenvalue weighted by Crippen LogP contribution is 2.33. The van der Waals surface area contributed by atoms with E-state index >= 15 is 0 Å². The largest absolute Gasteiger partial charge is 0.480 e. The quantitative estimate of drug-likeness (QED) is 0.138. The monoisotopic (exact) mass is 661 g/mol. The molecule has 1 heterocycles. The molecule has 0 fully saturated rings. The van der Waals surface area contributed by atoms with Crippen LogP contribution >= 0.6 is 11.8 Å². The van der Waals surface area contributed by atoms with Gasteiger partial charge in [0.05, 0.1) is 17.6 Å². The summed E-state index contributed by atoms with van der Waals surface area (Å²) in [7, 11) is 0. The van der Waals surface area contributed by atoms with Gasteiger partial charge in [-0.2, -0.15) is 0 Å². The molecule has 2 rings (SSSR count). The second kappa shape index (κ2) is 17.6. The Balaban J connectivity index is 2.14. The summed E-state index contributed by atoms with van der Waals surface area (Å²) < 4.78 is 5.31. The number of ketones is 1. The van der Waals surface area contributed by atoms with Gasteiger partial charge in [0.2, 0.25) is 17.7 Å². The number of nitrogens with one attached hydrogen (secondary N) is 5. The van der Waals surface area contributed by atoms with E-state index in [-0.39, 0.29) is 29.9 Å². The average Bonchev–Trinajstić information content (AvgIpc) is 3.33. The van der Waals surface area contributed by atoms with Crippen molar-refractivity contribution < 1.29 is 38.6 Å². The summed E-state index contributed by atoms with van der Waals surface area (Å²) in [5.74, 6) is -3.49. The van der Waals surface area contributed by atoms with E-state index in [9.17, 15) is 28.8 Å². The van der Waals surface area contributed by atoms with Crippen molar-refractivity contribution in [3.8, 4) is 0 Å². The molecule has 0 aliphatic rings. The first-order valence-electron chi connectivity index (χ1n) is 15.3. The third kappa shape index (κ3) is 12.0. The number of benzene rings is 1. The number of H-pyrrole nitrogens is 1. The number of carboxylic acid groups (broad SMARTS) is 1. The lowest BCUT2D eigenvalue weighted by molar-refractivity contribution is -0.138. The lowest BCUT2D eigenvalue weighted by atomic mass is 9.95. The number of rotatable bonds is 17. The molecule has 46 heavy (non-hydrogen) atoms. The van der Waals surface area contributed by atoms with Gasteiger partial charge in [0, 0.05) is 22.6 Å². The minimum absolute atomic E-state index is 0.227. The third-order valence-corrected chi connectivity index (χ3v) is 8.45. The Hall–Kier alpha value is -4.07. The molecule has 254 valence electrons. The van der Waals surface area contributed by atoms with Crippen LogP contribution in [0.3, 0.4) is 0 Å². The van der Waals surface area contributed by atoms with Gasteiger partial charge in [-0.05, 0) is 58.1 Å². The Labute approximate surface area is 273 Å². The van der Waals surface area contributed by atoms with Crippen LogP contribution in [0.2, 0.25) is 0 Å². The second-order valence-corrected chi connectivity index (χ2v) is 13.2. The molecule has 14 heteroatoms. The number of para-hydroxylation sites is 1. The van der Waals surface area contributed by atoms with Crippen molar-refractivity contribution in [2.45, 2.75) is 90.4 Å². The highest BCUT2D eigenvalue weighted by molar-refractivity contribution is 7.99. The number of carbonyl (C=O) groups excluding carboxylic acids is 5. The number of Topliss-reactive ketones (excluding diaryl/α,β-unsaturated/α-hetero) is 1. The summed E-state index contributed by atoms with van der Waals surface area (Å²) in [4.78, 5) is 77.4. The molecular formula is C32H47N5O8S. The molecule has 1 aromatic carbocycles. The van der Waals surface area contributed by atoms with Crippen LogP contribution in [0.4, 0.5) is 4.79 Å². The number of hydrogen-bond donors (Lipinski definition) is 6. The number of carboxylic acids is 1. The smallest absolute Gasteiger partial charge is 0.408 e. The number of alkyl carbamates (subject to hydrolysis) is 1. The van der Waals surface area contributed by atoms with Gasteiger partial charge in [-0.25, -0.2) is 4.79 Å². The Morgan fingerprint density at radius 1 is 0.957 bits per heavy atom. The number of hydrogen-bond acceptors (Lipinski definition) is 8. The molecule has 0 unspecified atom stereocenters. The van der Waals surface area contributed by atoms with E-state index in [2.05, 4.69) is 26.3 Å². The van der Waals surface area contributed by atoms with E-state index < -0.39 is 54.0 Å². The number of thioether (sulfide) groups is 1. The molecular weight excluding hydrogens is 614 g/mol. The maximum Gasteiger partial charge on any atom is 0.408 e. The lowest BCUT2D eigenvalue weighted by Gasteiger charge is -2.23. The van der Waals surface area contributed by atoms with Crippen molar-refractivity contribution in [1.82, 2.24) is 26.3 Å². The molecule has 0 aliphatic carbocycles. The molecule has 13 nitrogen and oxygen atoms in total. The average molecular weight is 662 g/mol. The Morgan fingerprint density at radius 3 is 2.20 bits per heavy atom. The van der Waals surface area contributed by atoms with Crippen molar-refractivity contribution in [3.05, 3.63) is 29.8 Å². The normalized spacial score (nSPS) is 14.0. The van der Waals surface area contributed by atoms with Crippen LogP contribution in [0.25, 0.3) is 10.9 Å². The Bertz CT molecular complexity index is 1400. The molecule has 2 aromatic rings. The first-order chi connectivity index (χ1) is 21.6. The van der Waals surface area contributed by atoms with Crippen molar-refractivity contribution >= 4 is 58.2 Å². The summed E-state index contributed by atoms with van der Waals surface area (Å²) in [5.41, 5.74) is 1.01. The van der Waals surface area contributed by atoms with Crippen LogP contribution in [-0.2, 0) is 35.1 Å². The van der Waals surface area contributed by atoms with Gasteiger partial charge in [-0.15, -0.1) is 11.8 Å². The first-order valence-corrected chi connectivity index (χ1v) is 16.3. The molecule has 6 N–H and O–H groups in total. The summed E-state index contributed by atoms with van der Waals surface area (Å²) in [6.45, 7) is 11.2. The number of aromatic nitrogens is 1. The van der Waals surface area contributed by atoms with E-state index in [4.69, 9.17) is 9.84 Å². The summed E-state index contributed by atoms with van der Waals surface area (Å²) in [6, 6.07) is 5.88. The Morgan fingerprint density at radius 2 is 1.61 bits per heavy atom. The van der Waals surface area contributed by atoms with Crippen LogP contribution in [-0.4, -0.2) is 82.2 Å². The highest BCUT2D eigenvalue weighted by Gasteiger charge is 2.28. The van der Waals surface area contributed by atoms with Crippen LogP contribution in [0.5, 0.6) is 0 Å². The Kier molecular flexibility index (Phi) is 14.6. The van der Waals surface area contributed by atoms with Crippen LogP contribution in [0.15, 0.2) is 29.3 Å². The zero-order valence-corrected chi connectivity index (χ0v) is 28.4. The minimum atomic E-state index is -1.20. The van der Waals surface area contributed by atoms with Gasteiger partial charge in [-0.3, -0.25) is 24.0 Å². The van der Waals surface area contributed by atoms with Crippen molar-refractivity contribution in [3.63, 3.8) is 0 Å². The first kappa shape index (κ1) is 38.1. The summed E-state index contributed by atoms with van der Waals surface area (Å²) in [5, 5.41) is 20.7. The predicted molar refractivity (Wildman–Crippen MR) is 175 cm³/mol. The van der Waals surface area contributed by atoms with Gasteiger partial charge in [0.15, 0.2) is 5.78 Å². The van der Waals surface area contributed by atoms with Crippen LogP contribution < -0.4 is 21.3 Å². The number of carbonyl (C=O) groups is 6. The maximum atomic E-state index is 13.3. The van der Waals surface area contributed by atoms with Gasteiger partial charge < -0.3 is 36.1 Å². The van der Waals surface area contributed by atoms with Crippen molar-refractivity contribution in [2.75, 3.05) is 18.8 Å². The van der Waals surface area contributed by atoms with E-state index in [0.717, 1.165) is 21.5 Å². The van der Waals surface area contributed by atoms with Crippen LogP contribution in [0, 0.1) is 11.8 Å². The summed E-state index contributed by atoms with van der Waals surface area (Å²) >= 11 is 1.35. The topological polar surface area (TPSA) is 196 Å². The van der Waals surface area contributed by atoms with E-state index in [0.29, 0.717) is 19.3 Å². The SMILES string of the molecule is CC[C@@H](Cc1c(SC[C@H](NC(=O)OC(C)(C)C)C(C)=O)[nH]c2ccccc12)C(=O)NCC(=O)N[C@H](C(=O)NCC(=O)O)[C@@H](C)CC. The zero-order valence-electron chi connectivity index (χ0n) is 27.6. The molecule has 0 radical (unpaired) electrons. The van der Waals surface area contributed by atoms with E-state index in [1.165, 1.54) is 18.7 Å². The van der Waals surface area contributed by atoms with Crippen molar-refractivity contribution in [2.24, 2.45) is 11.8 Å². The molecule has 4 atom stereocenters. The fourth-order valence-corrected chi connectivity index (χ4v) is 5.76. The van der Waals surface area contributed by atoms with Gasteiger partial charge >= 0.3 is 12.1 Å². The fraction of sp³-hybridized carbons (Fsp3) is 0.562. The number of aliphatic carboxylic acids is 1. The van der Waals surface area contributed by atoms with Gasteiger partial charge in [0.1, 0.15) is 18.2 Å². The molecule has 0 spiro atoms. The highest BCUT2D eigenvalue weighted by atomic mass is 32.2. The van der Waals surface area contributed by atoms with Gasteiger partial charge in [-0.1, -0.05) is 45.4 Å². The molecule has 0 saturated carbocycles. The summed E-state index contributed by atoms with van der Waals surface area (Å²) in [6.07, 6.45) is 0.687. The standard InChI is InChI=1S/C32H47N5O8S/c1-8-18(3)27(29(43)34-16-26(40)41)37-25(39)15-33-28(42)20(9-2)14-22-21-12-10-11-13-23(21)35-30(22)46-17-24(19(4)38)36-31(44)45-32(5,6)7/h10-13,18,20,24,27,35H,8-9,14-17H2,1-7H3,(H,33,42)(H,34,43)(H,36,44)(H,37,39)(H,40,41)/t18-,20-,24-,27-/m0/s1.